The number of nitrogens with two attached hydrogens (primary N) is 1. The van der Waals surface area contributed by atoms with Crippen LogP contribution in [-0.2, 0) is 6.42 Å². The van der Waals surface area contributed by atoms with E-state index in [1.165, 1.54) is 12.1 Å². The first kappa shape index (κ1) is 13.8. The molecular weight excluding hydrogens is 254 g/mol. The van der Waals surface area contributed by atoms with Crippen molar-refractivity contribution in [2.24, 2.45) is 5.73 Å². The number of hydrogen-bond acceptors (Lipinski definition) is 3. The van der Waals surface area contributed by atoms with Crippen LogP contribution in [0.3, 0.4) is 0 Å². The van der Waals surface area contributed by atoms with Crippen LogP contribution in [0.4, 0.5) is 0 Å². The first-order valence-corrected chi connectivity index (χ1v) is 6.31. The number of rotatable bonds is 4. The molecule has 0 radical (unpaired) electrons. The maximum atomic E-state index is 11.9. The van der Waals surface area contributed by atoms with E-state index < -0.39 is 11.9 Å². The third-order valence-corrected chi connectivity index (χ3v) is 2.95. The molecule has 2 rings (SSSR count). The van der Waals surface area contributed by atoms with Gasteiger partial charge in [-0.05, 0) is 48.4 Å². The summed E-state index contributed by atoms with van der Waals surface area (Å²) in [5.74, 6) is -0.572. The summed E-state index contributed by atoms with van der Waals surface area (Å²) in [6, 6.07) is 13.4. The number of esters is 1. The number of ether oxygens (including phenoxy) is 1. The van der Waals surface area contributed by atoms with Gasteiger partial charge in [0.15, 0.2) is 0 Å². The summed E-state index contributed by atoms with van der Waals surface area (Å²) in [6.45, 7) is 2.05. The van der Waals surface area contributed by atoms with Gasteiger partial charge in [-0.2, -0.15) is 0 Å². The van der Waals surface area contributed by atoms with Gasteiger partial charge in [0.25, 0.3) is 0 Å². The van der Waals surface area contributed by atoms with Gasteiger partial charge in [0, 0.05) is 5.56 Å². The fraction of sp³-hybridized carbons (Fsp3) is 0.125. The fourth-order valence-electron chi connectivity index (χ4n) is 1.73. The van der Waals surface area contributed by atoms with Gasteiger partial charge in [0.1, 0.15) is 5.75 Å². The molecule has 0 fully saturated rings. The highest BCUT2D eigenvalue weighted by molar-refractivity contribution is 5.93. The number of amides is 1. The first-order valence-electron chi connectivity index (χ1n) is 6.31. The molecule has 0 aliphatic carbocycles. The standard InChI is InChI=1S/C16H15NO3/c1-2-11-3-5-13(6-4-11)16(19)20-14-9-7-12(8-10-14)15(17)18/h3-10H,2H2,1H3,(H2,17,18). The molecule has 4 nitrogen and oxygen atoms in total. The van der Waals surface area contributed by atoms with E-state index in [4.69, 9.17) is 10.5 Å². The lowest BCUT2D eigenvalue weighted by Crippen LogP contribution is -2.11. The molecule has 2 N–H and O–H groups in total. The molecule has 0 aliphatic rings. The lowest BCUT2D eigenvalue weighted by molar-refractivity contribution is 0.0734. The van der Waals surface area contributed by atoms with E-state index in [1.54, 1.807) is 24.3 Å². The van der Waals surface area contributed by atoms with Crippen LogP contribution in [0.1, 0.15) is 33.2 Å². The van der Waals surface area contributed by atoms with E-state index in [-0.39, 0.29) is 0 Å². The lowest BCUT2D eigenvalue weighted by atomic mass is 10.1. The number of benzene rings is 2. The summed E-state index contributed by atoms with van der Waals surface area (Å²) in [6.07, 6.45) is 0.921. The van der Waals surface area contributed by atoms with E-state index >= 15 is 0 Å². The van der Waals surface area contributed by atoms with Gasteiger partial charge in [-0.1, -0.05) is 19.1 Å². The number of hydrogen-bond donors (Lipinski definition) is 1. The Morgan fingerprint density at radius 1 is 0.950 bits per heavy atom. The molecule has 4 heteroatoms. The predicted octanol–water partition coefficient (Wildman–Crippen LogP) is 2.57. The second-order valence-corrected chi connectivity index (χ2v) is 4.33. The highest BCUT2D eigenvalue weighted by Gasteiger charge is 2.09. The minimum Gasteiger partial charge on any atom is -0.423 e. The molecule has 0 spiro atoms. The van der Waals surface area contributed by atoms with Crippen molar-refractivity contribution in [2.75, 3.05) is 0 Å². The largest absolute Gasteiger partial charge is 0.423 e. The van der Waals surface area contributed by atoms with Gasteiger partial charge < -0.3 is 10.5 Å². The normalized spacial score (nSPS) is 10.1. The summed E-state index contributed by atoms with van der Waals surface area (Å²) in [5, 5.41) is 0. The third kappa shape index (κ3) is 3.23. The molecule has 1 amide bonds. The van der Waals surface area contributed by atoms with Crippen molar-refractivity contribution in [3.05, 3.63) is 65.2 Å². The van der Waals surface area contributed by atoms with Crippen molar-refractivity contribution in [3.8, 4) is 5.75 Å². The van der Waals surface area contributed by atoms with Gasteiger partial charge in [0.05, 0.1) is 5.56 Å². The highest BCUT2D eigenvalue weighted by atomic mass is 16.5. The molecule has 0 unspecified atom stereocenters. The third-order valence-electron chi connectivity index (χ3n) is 2.95. The maximum Gasteiger partial charge on any atom is 0.343 e. The van der Waals surface area contributed by atoms with Gasteiger partial charge in [0.2, 0.25) is 5.91 Å². The molecule has 0 bridgehead atoms. The van der Waals surface area contributed by atoms with E-state index in [2.05, 4.69) is 0 Å². The van der Waals surface area contributed by atoms with E-state index in [9.17, 15) is 9.59 Å². The Morgan fingerprint density at radius 2 is 1.50 bits per heavy atom. The van der Waals surface area contributed by atoms with Crippen LogP contribution in [0.25, 0.3) is 0 Å². The van der Waals surface area contributed by atoms with Gasteiger partial charge in [-0.25, -0.2) is 4.79 Å². The number of aryl methyl sites for hydroxylation is 1. The number of carbonyl (C=O) groups excluding carboxylic acids is 2. The molecule has 2 aromatic rings. The quantitative estimate of drug-likeness (QED) is 0.685. The number of carbonyl (C=O) groups is 2. The molecule has 0 atom stereocenters. The highest BCUT2D eigenvalue weighted by Crippen LogP contribution is 2.14. The van der Waals surface area contributed by atoms with E-state index in [1.807, 2.05) is 19.1 Å². The van der Waals surface area contributed by atoms with Crippen LogP contribution in [-0.4, -0.2) is 11.9 Å². The number of primary amides is 1. The van der Waals surface area contributed by atoms with Crippen molar-refractivity contribution in [2.45, 2.75) is 13.3 Å². The Balaban J connectivity index is 2.08. The summed E-state index contributed by atoms with van der Waals surface area (Å²) in [5.41, 5.74) is 7.16. The monoisotopic (exact) mass is 269 g/mol. The van der Waals surface area contributed by atoms with Crippen LogP contribution in [0.5, 0.6) is 5.75 Å². The molecular formula is C16H15NO3. The topological polar surface area (TPSA) is 69.4 Å². The molecule has 102 valence electrons. The molecule has 0 aromatic heterocycles. The summed E-state index contributed by atoms with van der Waals surface area (Å²) in [4.78, 5) is 22.8. The minimum atomic E-state index is -0.516. The Morgan fingerprint density at radius 3 is 2.00 bits per heavy atom. The summed E-state index contributed by atoms with van der Waals surface area (Å²) >= 11 is 0. The van der Waals surface area contributed by atoms with Crippen LogP contribution >= 0.6 is 0 Å². The summed E-state index contributed by atoms with van der Waals surface area (Å²) in [7, 11) is 0. The Bertz CT molecular complexity index is 615. The zero-order valence-electron chi connectivity index (χ0n) is 11.1. The average molecular weight is 269 g/mol. The second-order valence-electron chi connectivity index (χ2n) is 4.33. The first-order chi connectivity index (χ1) is 9.60. The fourth-order valence-corrected chi connectivity index (χ4v) is 1.73. The Kier molecular flexibility index (Phi) is 4.15. The van der Waals surface area contributed by atoms with Crippen molar-refractivity contribution < 1.29 is 14.3 Å². The van der Waals surface area contributed by atoms with Crippen molar-refractivity contribution >= 4 is 11.9 Å². The van der Waals surface area contributed by atoms with Crippen LogP contribution in [0.2, 0.25) is 0 Å². The van der Waals surface area contributed by atoms with Crippen molar-refractivity contribution in [1.29, 1.82) is 0 Å². The average Bonchev–Trinajstić information content (AvgIpc) is 2.48. The molecule has 0 aliphatic heterocycles. The predicted molar refractivity (Wildman–Crippen MR) is 75.7 cm³/mol. The molecule has 0 saturated heterocycles. The van der Waals surface area contributed by atoms with Crippen LogP contribution in [0.15, 0.2) is 48.5 Å². The lowest BCUT2D eigenvalue weighted by Gasteiger charge is -2.05. The molecule has 2 aromatic carbocycles. The molecule has 0 heterocycles. The van der Waals surface area contributed by atoms with E-state index in [0.717, 1.165) is 12.0 Å². The van der Waals surface area contributed by atoms with Crippen LogP contribution in [0, 0.1) is 0 Å². The molecule has 0 saturated carbocycles. The Hall–Kier alpha value is -2.62. The second kappa shape index (κ2) is 6.02. The maximum absolute atomic E-state index is 11.9. The van der Waals surface area contributed by atoms with Gasteiger partial charge in [-0.3, -0.25) is 4.79 Å². The van der Waals surface area contributed by atoms with Crippen molar-refractivity contribution in [3.63, 3.8) is 0 Å². The van der Waals surface area contributed by atoms with Gasteiger partial charge >= 0.3 is 5.97 Å². The Labute approximate surface area is 117 Å². The van der Waals surface area contributed by atoms with Crippen LogP contribution < -0.4 is 10.5 Å². The molecule has 20 heavy (non-hydrogen) atoms. The SMILES string of the molecule is CCc1ccc(C(=O)Oc2ccc(C(N)=O)cc2)cc1. The minimum absolute atomic E-state index is 0.372. The van der Waals surface area contributed by atoms with Gasteiger partial charge in [-0.15, -0.1) is 0 Å². The summed E-state index contributed by atoms with van der Waals surface area (Å²) < 4.78 is 5.22. The zero-order chi connectivity index (χ0) is 14.5. The van der Waals surface area contributed by atoms with Crippen molar-refractivity contribution in [1.82, 2.24) is 0 Å². The zero-order valence-corrected chi connectivity index (χ0v) is 11.1. The smallest absolute Gasteiger partial charge is 0.343 e. The van der Waals surface area contributed by atoms with E-state index in [0.29, 0.717) is 16.9 Å².